The number of H-pyrrole nitrogens is 1. The Labute approximate surface area is 124 Å². The third-order valence-corrected chi connectivity index (χ3v) is 3.03. The molecule has 6 heteroatoms. The normalized spacial score (nSPS) is 11.5. The highest BCUT2D eigenvalue weighted by Crippen LogP contribution is 2.32. The zero-order chi connectivity index (χ0) is 15.5. The molecule has 0 saturated heterocycles. The Morgan fingerprint density at radius 2 is 1.81 bits per heavy atom. The molecule has 0 bridgehead atoms. The summed E-state index contributed by atoms with van der Waals surface area (Å²) in [5, 5.41) is 8.81. The van der Waals surface area contributed by atoms with Crippen LogP contribution in [-0.2, 0) is 6.18 Å². The van der Waals surface area contributed by atoms with Gasteiger partial charge in [-0.05, 0) is 17.7 Å². The maximum absolute atomic E-state index is 12.9. The van der Waals surface area contributed by atoms with Crippen molar-refractivity contribution >= 4 is 24.4 Å². The third kappa shape index (κ3) is 3.58. The first-order chi connectivity index (χ1) is 9.91. The number of benzene rings is 1. The quantitative estimate of drug-likeness (QED) is 0.809. The van der Waals surface area contributed by atoms with Gasteiger partial charge in [-0.2, -0.15) is 18.4 Å². The summed E-state index contributed by atoms with van der Waals surface area (Å²) < 4.78 is 38.5. The lowest BCUT2D eigenvalue weighted by molar-refractivity contribution is -0.137. The van der Waals surface area contributed by atoms with Gasteiger partial charge in [0.15, 0.2) is 0 Å². The maximum Gasteiger partial charge on any atom is 0.417 e. The predicted molar refractivity (Wildman–Crippen MR) is 76.7 cm³/mol. The largest absolute Gasteiger partial charge is 0.417 e. The van der Waals surface area contributed by atoms with Crippen LogP contribution < -0.4 is 0 Å². The Bertz CT molecular complexity index is 768. The van der Waals surface area contributed by atoms with Gasteiger partial charge in [0, 0.05) is 5.69 Å². The Balaban J connectivity index is 2.48. The minimum Gasteiger partial charge on any atom is -0.345 e. The number of alkyl halides is 3. The summed E-state index contributed by atoms with van der Waals surface area (Å²) in [7, 11) is 0. The number of aromatic nitrogens is 1. The van der Waals surface area contributed by atoms with Gasteiger partial charge in [-0.25, -0.2) is 0 Å². The van der Waals surface area contributed by atoms with Crippen LogP contribution in [0.1, 0.15) is 22.4 Å². The number of hydrogen-bond acceptors (Lipinski definition) is 2. The Morgan fingerprint density at radius 3 is 2.38 bits per heavy atom. The third-order valence-electron chi connectivity index (χ3n) is 2.73. The predicted octanol–water partition coefficient (Wildman–Crippen LogP) is 4.81. The maximum atomic E-state index is 12.9. The van der Waals surface area contributed by atoms with Gasteiger partial charge in [-0.1, -0.05) is 48.6 Å². The average Bonchev–Trinajstić information content (AvgIpc) is 2.44. The van der Waals surface area contributed by atoms with Crippen LogP contribution in [0, 0.1) is 16.0 Å². The molecule has 1 aromatic carbocycles. The van der Waals surface area contributed by atoms with Crippen molar-refractivity contribution in [3.05, 3.63) is 63.4 Å². The van der Waals surface area contributed by atoms with Gasteiger partial charge in [0.25, 0.3) is 0 Å². The van der Waals surface area contributed by atoms with E-state index >= 15 is 0 Å². The van der Waals surface area contributed by atoms with Crippen molar-refractivity contribution < 1.29 is 13.2 Å². The molecule has 0 aliphatic carbocycles. The molecule has 0 saturated carbocycles. The fourth-order valence-corrected chi connectivity index (χ4v) is 2.03. The molecule has 1 N–H and O–H groups in total. The molecule has 1 aromatic heterocycles. The molecule has 2 rings (SSSR count). The van der Waals surface area contributed by atoms with Crippen LogP contribution in [0.25, 0.3) is 12.2 Å². The highest BCUT2D eigenvalue weighted by molar-refractivity contribution is 7.71. The van der Waals surface area contributed by atoms with E-state index in [1.807, 2.05) is 30.3 Å². The molecule has 0 amide bonds. The number of halogens is 3. The van der Waals surface area contributed by atoms with Crippen molar-refractivity contribution in [2.75, 3.05) is 0 Å². The summed E-state index contributed by atoms with van der Waals surface area (Å²) in [5.74, 6) is 0. The Kier molecular flexibility index (Phi) is 4.24. The smallest absolute Gasteiger partial charge is 0.345 e. The standard InChI is InChI=1S/C15H9F3N2S/c16-15(17,18)13-8-11(20-14(21)12(13)9-19)7-6-10-4-2-1-3-5-10/h1-8H,(H,20,21). The molecular formula is C15H9F3N2S. The fourth-order valence-electron chi connectivity index (χ4n) is 1.75. The van der Waals surface area contributed by atoms with Gasteiger partial charge in [-0.15, -0.1) is 0 Å². The molecular weight excluding hydrogens is 297 g/mol. The van der Waals surface area contributed by atoms with Crippen molar-refractivity contribution in [3.63, 3.8) is 0 Å². The number of nitriles is 1. The molecule has 1 heterocycles. The van der Waals surface area contributed by atoms with Crippen LogP contribution in [0.15, 0.2) is 36.4 Å². The first kappa shape index (κ1) is 15.0. The van der Waals surface area contributed by atoms with Gasteiger partial charge >= 0.3 is 6.18 Å². The summed E-state index contributed by atoms with van der Waals surface area (Å²) in [6, 6.07) is 11.5. The summed E-state index contributed by atoms with van der Waals surface area (Å²) in [6.45, 7) is 0. The Morgan fingerprint density at radius 1 is 1.14 bits per heavy atom. The van der Waals surface area contributed by atoms with Crippen LogP contribution in [0.4, 0.5) is 13.2 Å². The zero-order valence-corrected chi connectivity index (χ0v) is 11.4. The van der Waals surface area contributed by atoms with E-state index < -0.39 is 17.3 Å². The lowest BCUT2D eigenvalue weighted by atomic mass is 10.1. The molecule has 0 radical (unpaired) electrons. The molecule has 0 fully saturated rings. The van der Waals surface area contributed by atoms with Gasteiger partial charge in [-0.3, -0.25) is 0 Å². The summed E-state index contributed by atoms with van der Waals surface area (Å²) >= 11 is 4.81. The molecule has 2 aromatic rings. The first-order valence-corrected chi connectivity index (χ1v) is 6.30. The molecule has 0 atom stereocenters. The minimum atomic E-state index is -4.62. The van der Waals surface area contributed by atoms with Crippen molar-refractivity contribution in [2.24, 2.45) is 0 Å². The van der Waals surface area contributed by atoms with Crippen molar-refractivity contribution in [1.29, 1.82) is 5.26 Å². The summed E-state index contributed by atoms with van der Waals surface area (Å²) in [6.07, 6.45) is -1.47. The Hall–Kier alpha value is -2.39. The van der Waals surface area contributed by atoms with Crippen molar-refractivity contribution in [2.45, 2.75) is 6.18 Å². The molecule has 0 unspecified atom stereocenters. The lowest BCUT2D eigenvalue weighted by Crippen LogP contribution is -2.09. The summed E-state index contributed by atoms with van der Waals surface area (Å²) in [4.78, 5) is 2.62. The highest BCUT2D eigenvalue weighted by Gasteiger charge is 2.34. The number of rotatable bonds is 2. The van der Waals surface area contributed by atoms with Crippen LogP contribution >= 0.6 is 12.2 Å². The topological polar surface area (TPSA) is 39.6 Å². The number of aromatic amines is 1. The van der Waals surface area contributed by atoms with Crippen LogP contribution in [-0.4, -0.2) is 4.98 Å². The number of nitrogens with zero attached hydrogens (tertiary/aromatic N) is 1. The van der Waals surface area contributed by atoms with Crippen molar-refractivity contribution in [1.82, 2.24) is 4.98 Å². The molecule has 0 aliphatic heterocycles. The van der Waals surface area contributed by atoms with E-state index in [2.05, 4.69) is 4.98 Å². The second kappa shape index (κ2) is 5.94. The van der Waals surface area contributed by atoms with E-state index in [0.29, 0.717) is 0 Å². The number of pyridine rings is 1. The molecule has 0 spiro atoms. The average molecular weight is 306 g/mol. The molecule has 0 aliphatic rings. The molecule has 2 nitrogen and oxygen atoms in total. The zero-order valence-electron chi connectivity index (χ0n) is 10.6. The number of nitrogens with one attached hydrogen (secondary N) is 1. The van der Waals surface area contributed by atoms with Gasteiger partial charge in [0.2, 0.25) is 0 Å². The van der Waals surface area contributed by atoms with Gasteiger partial charge in [0.05, 0.1) is 11.1 Å². The van der Waals surface area contributed by atoms with E-state index in [4.69, 9.17) is 17.5 Å². The second-order valence-electron chi connectivity index (χ2n) is 4.20. The number of hydrogen-bond donors (Lipinski definition) is 1. The second-order valence-corrected chi connectivity index (χ2v) is 4.60. The van der Waals surface area contributed by atoms with Crippen LogP contribution in [0.3, 0.4) is 0 Å². The minimum absolute atomic E-state index is 0.190. The van der Waals surface area contributed by atoms with E-state index in [1.54, 1.807) is 6.08 Å². The first-order valence-electron chi connectivity index (χ1n) is 5.89. The fraction of sp³-hybridized carbons (Fsp3) is 0.0667. The molecule has 21 heavy (non-hydrogen) atoms. The van der Waals surface area contributed by atoms with E-state index in [1.165, 1.54) is 12.1 Å². The van der Waals surface area contributed by atoms with Crippen LogP contribution in [0.5, 0.6) is 0 Å². The van der Waals surface area contributed by atoms with E-state index in [9.17, 15) is 13.2 Å². The van der Waals surface area contributed by atoms with Gasteiger partial charge in [0.1, 0.15) is 10.7 Å². The lowest BCUT2D eigenvalue weighted by Gasteiger charge is -2.09. The SMILES string of the molecule is N#Cc1c(C(F)(F)F)cc(C=Cc2ccccc2)[nH]c1=S. The molecule has 106 valence electrons. The monoisotopic (exact) mass is 306 g/mol. The van der Waals surface area contributed by atoms with Crippen molar-refractivity contribution in [3.8, 4) is 6.07 Å². The van der Waals surface area contributed by atoms with Gasteiger partial charge < -0.3 is 4.98 Å². The van der Waals surface area contributed by atoms with Crippen LogP contribution in [0.2, 0.25) is 0 Å². The van der Waals surface area contributed by atoms with E-state index in [-0.39, 0.29) is 10.3 Å². The summed E-state index contributed by atoms with van der Waals surface area (Å²) in [5.41, 5.74) is -0.555. The highest BCUT2D eigenvalue weighted by atomic mass is 32.1. The van der Waals surface area contributed by atoms with E-state index in [0.717, 1.165) is 11.6 Å².